The zero-order valence-corrected chi connectivity index (χ0v) is 9.33. The predicted molar refractivity (Wildman–Crippen MR) is 61.4 cm³/mol. The van der Waals surface area contributed by atoms with Crippen LogP contribution in [0.1, 0.15) is 43.2 Å². The lowest BCUT2D eigenvalue weighted by Gasteiger charge is -2.07. The molecule has 1 aromatic rings. The topological polar surface area (TPSA) is 9.23 Å². The Labute approximate surface area is 91.5 Å². The molecule has 0 aromatic heterocycles. The van der Waals surface area contributed by atoms with Gasteiger partial charge in [-0.2, -0.15) is 0 Å². The molecule has 1 heterocycles. The highest BCUT2D eigenvalue weighted by Crippen LogP contribution is 2.53. The van der Waals surface area contributed by atoms with Crippen LogP contribution in [0.5, 0.6) is 5.75 Å². The summed E-state index contributed by atoms with van der Waals surface area (Å²) in [5, 5.41) is 0. The Hall–Kier alpha value is -0.980. The molecule has 0 bridgehead atoms. The molecule has 1 aromatic carbocycles. The van der Waals surface area contributed by atoms with Crippen molar-refractivity contribution in [3.05, 3.63) is 29.3 Å². The number of ether oxygens (including phenoxy) is 1. The van der Waals surface area contributed by atoms with E-state index in [0.29, 0.717) is 0 Å². The second kappa shape index (κ2) is 3.55. The van der Waals surface area contributed by atoms with Crippen LogP contribution in [0, 0.1) is 5.92 Å². The maximum atomic E-state index is 5.76. The number of rotatable bonds is 3. The third-order valence-corrected chi connectivity index (χ3v) is 3.73. The van der Waals surface area contributed by atoms with Crippen molar-refractivity contribution in [3.8, 4) is 5.75 Å². The normalized spacial score (nSPS) is 27.3. The van der Waals surface area contributed by atoms with E-state index in [1.807, 2.05) is 0 Å². The van der Waals surface area contributed by atoms with Crippen molar-refractivity contribution in [1.29, 1.82) is 0 Å². The van der Waals surface area contributed by atoms with Crippen LogP contribution in [0.4, 0.5) is 0 Å². The fourth-order valence-corrected chi connectivity index (χ4v) is 2.85. The van der Waals surface area contributed by atoms with Crippen molar-refractivity contribution in [2.24, 2.45) is 5.92 Å². The third-order valence-electron chi connectivity index (χ3n) is 3.73. The van der Waals surface area contributed by atoms with E-state index in [1.165, 1.54) is 36.1 Å². The third kappa shape index (κ3) is 1.54. The first-order valence-corrected chi connectivity index (χ1v) is 6.14. The van der Waals surface area contributed by atoms with E-state index >= 15 is 0 Å². The van der Waals surface area contributed by atoms with Crippen molar-refractivity contribution in [2.75, 3.05) is 6.61 Å². The van der Waals surface area contributed by atoms with Gasteiger partial charge in [0.2, 0.25) is 0 Å². The zero-order chi connectivity index (χ0) is 10.3. The minimum absolute atomic E-state index is 0.804. The van der Waals surface area contributed by atoms with Crippen molar-refractivity contribution in [1.82, 2.24) is 0 Å². The molecule has 1 heteroatoms. The molecule has 0 radical (unpaired) electrons. The average Bonchev–Trinajstić information content (AvgIpc) is 2.84. The SMILES string of the molecule is CCCC1CC1c1cccc2c1OCC2. The Morgan fingerprint density at radius 3 is 3.20 bits per heavy atom. The summed E-state index contributed by atoms with van der Waals surface area (Å²) < 4.78 is 5.76. The first-order valence-electron chi connectivity index (χ1n) is 6.14. The number of benzene rings is 1. The van der Waals surface area contributed by atoms with Gasteiger partial charge in [-0.1, -0.05) is 38.0 Å². The fraction of sp³-hybridized carbons (Fsp3) is 0.571. The van der Waals surface area contributed by atoms with Crippen LogP contribution >= 0.6 is 0 Å². The molecule has 0 N–H and O–H groups in total. The van der Waals surface area contributed by atoms with E-state index in [9.17, 15) is 0 Å². The lowest BCUT2D eigenvalue weighted by atomic mass is 10.0. The largest absolute Gasteiger partial charge is 0.493 e. The molecule has 80 valence electrons. The molecule has 0 amide bonds. The van der Waals surface area contributed by atoms with Crippen LogP contribution < -0.4 is 4.74 Å². The second-order valence-electron chi connectivity index (χ2n) is 4.82. The molecule has 1 nitrogen and oxygen atoms in total. The number of hydrogen-bond donors (Lipinski definition) is 0. The number of para-hydroxylation sites is 1. The maximum absolute atomic E-state index is 5.76. The van der Waals surface area contributed by atoms with Crippen LogP contribution in [0.2, 0.25) is 0 Å². The van der Waals surface area contributed by atoms with Crippen molar-refractivity contribution >= 4 is 0 Å². The van der Waals surface area contributed by atoms with E-state index in [4.69, 9.17) is 4.74 Å². The number of hydrogen-bond acceptors (Lipinski definition) is 1. The van der Waals surface area contributed by atoms with Gasteiger partial charge in [0.25, 0.3) is 0 Å². The van der Waals surface area contributed by atoms with E-state index in [1.54, 1.807) is 0 Å². The first-order chi connectivity index (χ1) is 7.40. The van der Waals surface area contributed by atoms with Gasteiger partial charge in [0, 0.05) is 6.42 Å². The smallest absolute Gasteiger partial charge is 0.126 e. The summed E-state index contributed by atoms with van der Waals surface area (Å²) in [7, 11) is 0. The average molecular weight is 202 g/mol. The van der Waals surface area contributed by atoms with Gasteiger partial charge in [-0.25, -0.2) is 0 Å². The van der Waals surface area contributed by atoms with Crippen molar-refractivity contribution < 1.29 is 4.74 Å². The van der Waals surface area contributed by atoms with Gasteiger partial charge in [-0.3, -0.25) is 0 Å². The van der Waals surface area contributed by atoms with Crippen LogP contribution in [-0.4, -0.2) is 6.61 Å². The second-order valence-corrected chi connectivity index (χ2v) is 4.82. The minimum Gasteiger partial charge on any atom is -0.493 e. The Kier molecular flexibility index (Phi) is 2.19. The molecule has 1 aliphatic carbocycles. The van der Waals surface area contributed by atoms with Gasteiger partial charge in [0.15, 0.2) is 0 Å². The van der Waals surface area contributed by atoms with E-state index < -0.39 is 0 Å². The summed E-state index contributed by atoms with van der Waals surface area (Å²) in [5.41, 5.74) is 2.91. The highest BCUT2D eigenvalue weighted by atomic mass is 16.5. The highest BCUT2D eigenvalue weighted by molar-refractivity contribution is 5.47. The lowest BCUT2D eigenvalue weighted by molar-refractivity contribution is 0.353. The standard InChI is InChI=1S/C14H18O/c1-2-4-11-9-13(11)12-6-3-5-10-7-8-15-14(10)12/h3,5-6,11,13H,2,4,7-9H2,1H3. The molecule has 2 aliphatic rings. The summed E-state index contributed by atoms with van der Waals surface area (Å²) in [6.45, 7) is 3.17. The molecule has 2 atom stereocenters. The lowest BCUT2D eigenvalue weighted by Crippen LogP contribution is -1.91. The van der Waals surface area contributed by atoms with Crippen molar-refractivity contribution in [3.63, 3.8) is 0 Å². The summed E-state index contributed by atoms with van der Waals surface area (Å²) in [5.74, 6) is 2.96. The summed E-state index contributed by atoms with van der Waals surface area (Å²) in [4.78, 5) is 0. The van der Waals surface area contributed by atoms with Gasteiger partial charge in [-0.15, -0.1) is 0 Å². The Morgan fingerprint density at radius 2 is 2.33 bits per heavy atom. The molecule has 15 heavy (non-hydrogen) atoms. The molecule has 0 spiro atoms. The first kappa shape index (κ1) is 9.26. The quantitative estimate of drug-likeness (QED) is 0.728. The summed E-state index contributed by atoms with van der Waals surface area (Å²) >= 11 is 0. The molecule has 3 rings (SSSR count). The molecular weight excluding hydrogens is 184 g/mol. The molecular formula is C14H18O. The highest BCUT2D eigenvalue weighted by Gasteiger charge is 2.39. The molecule has 1 saturated carbocycles. The van der Waals surface area contributed by atoms with E-state index in [-0.39, 0.29) is 0 Å². The molecule has 1 fully saturated rings. The molecule has 1 aliphatic heterocycles. The Bertz CT molecular complexity index is 370. The van der Waals surface area contributed by atoms with Crippen LogP contribution in [0.15, 0.2) is 18.2 Å². The predicted octanol–water partition coefficient (Wildman–Crippen LogP) is 3.53. The van der Waals surface area contributed by atoms with Gasteiger partial charge in [-0.05, 0) is 29.4 Å². The maximum Gasteiger partial charge on any atom is 0.126 e. The number of fused-ring (bicyclic) bond motifs is 1. The van der Waals surface area contributed by atoms with Gasteiger partial charge in [0.1, 0.15) is 5.75 Å². The minimum atomic E-state index is 0.804. The van der Waals surface area contributed by atoms with Crippen LogP contribution in [0.3, 0.4) is 0 Å². The van der Waals surface area contributed by atoms with Gasteiger partial charge >= 0.3 is 0 Å². The summed E-state index contributed by atoms with van der Waals surface area (Å²) in [6.07, 6.45) is 5.19. The van der Waals surface area contributed by atoms with Crippen molar-refractivity contribution in [2.45, 2.75) is 38.5 Å². The Morgan fingerprint density at radius 1 is 1.40 bits per heavy atom. The van der Waals surface area contributed by atoms with Crippen LogP contribution in [0.25, 0.3) is 0 Å². The molecule has 0 saturated heterocycles. The monoisotopic (exact) mass is 202 g/mol. The summed E-state index contributed by atoms with van der Waals surface area (Å²) in [6, 6.07) is 6.68. The Balaban J connectivity index is 1.85. The molecule has 2 unspecified atom stereocenters. The van der Waals surface area contributed by atoms with E-state index in [2.05, 4.69) is 25.1 Å². The van der Waals surface area contributed by atoms with Gasteiger partial charge in [0.05, 0.1) is 6.61 Å². The van der Waals surface area contributed by atoms with Crippen LogP contribution in [-0.2, 0) is 6.42 Å². The van der Waals surface area contributed by atoms with Gasteiger partial charge < -0.3 is 4.74 Å². The zero-order valence-electron chi connectivity index (χ0n) is 9.33. The fourth-order valence-electron chi connectivity index (χ4n) is 2.85. The van der Waals surface area contributed by atoms with E-state index in [0.717, 1.165) is 24.9 Å².